The molecule has 2 heterocycles. The summed E-state index contributed by atoms with van der Waals surface area (Å²) in [5.41, 5.74) is 1.31. The Morgan fingerprint density at radius 3 is 2.67 bits per heavy atom. The van der Waals surface area contributed by atoms with Crippen LogP contribution in [0.5, 0.6) is 5.75 Å². The summed E-state index contributed by atoms with van der Waals surface area (Å²) in [4.78, 5) is 7.04. The summed E-state index contributed by atoms with van der Waals surface area (Å²) >= 11 is 0. The zero-order valence-electron chi connectivity index (χ0n) is 14.6. The molecule has 1 atom stereocenters. The van der Waals surface area contributed by atoms with E-state index in [0.717, 1.165) is 37.8 Å². The molecule has 1 aliphatic rings. The lowest BCUT2D eigenvalue weighted by Gasteiger charge is -2.35. The van der Waals surface area contributed by atoms with Crippen molar-refractivity contribution in [1.82, 2.24) is 19.8 Å². The molecule has 1 aromatic heterocycles. The molecule has 0 aliphatic carbocycles. The quantitative estimate of drug-likeness (QED) is 0.900. The fourth-order valence-electron chi connectivity index (χ4n) is 3.07. The number of halogens is 1. The van der Waals surface area contributed by atoms with E-state index in [0.29, 0.717) is 6.04 Å². The molecule has 1 aromatic carbocycles. The molecule has 1 fully saturated rings. The number of benzene rings is 1. The summed E-state index contributed by atoms with van der Waals surface area (Å²) in [5.74, 6) is 2.06. The van der Waals surface area contributed by atoms with E-state index in [1.54, 1.807) is 0 Å². The second kappa shape index (κ2) is 8.51. The van der Waals surface area contributed by atoms with Crippen molar-refractivity contribution in [2.24, 2.45) is 7.05 Å². The predicted octanol–water partition coefficient (Wildman–Crippen LogP) is 2.78. The number of piperazine rings is 1. The van der Waals surface area contributed by atoms with Crippen LogP contribution in [-0.2, 0) is 13.6 Å². The maximum absolute atomic E-state index is 5.72. The minimum absolute atomic E-state index is 0. The fraction of sp³-hybridized carbons (Fsp3) is 0.500. The Balaban J connectivity index is 0.00000208. The number of aromatic nitrogens is 2. The van der Waals surface area contributed by atoms with Crippen molar-refractivity contribution in [2.45, 2.75) is 32.5 Å². The first-order chi connectivity index (χ1) is 11.1. The normalized spacial score (nSPS) is 18.4. The Labute approximate surface area is 150 Å². The third-order valence-electron chi connectivity index (χ3n) is 4.19. The van der Waals surface area contributed by atoms with Crippen molar-refractivity contribution in [3.8, 4) is 5.75 Å². The van der Waals surface area contributed by atoms with E-state index in [1.165, 1.54) is 5.56 Å². The van der Waals surface area contributed by atoms with Crippen LogP contribution >= 0.6 is 12.4 Å². The zero-order chi connectivity index (χ0) is 16.2. The molecule has 0 bridgehead atoms. The molecule has 5 nitrogen and oxygen atoms in total. The predicted molar refractivity (Wildman–Crippen MR) is 98.7 cm³/mol. The molecule has 0 saturated carbocycles. The molecule has 0 spiro atoms. The number of nitrogens with zero attached hydrogens (tertiary/aromatic N) is 3. The van der Waals surface area contributed by atoms with Gasteiger partial charge in [0.05, 0.1) is 12.1 Å². The number of nitrogens with one attached hydrogen (secondary N) is 1. The van der Waals surface area contributed by atoms with Crippen LogP contribution in [-0.4, -0.2) is 40.2 Å². The van der Waals surface area contributed by atoms with E-state index in [9.17, 15) is 0 Å². The van der Waals surface area contributed by atoms with Crippen LogP contribution < -0.4 is 10.1 Å². The molecule has 0 radical (unpaired) electrons. The molecule has 1 saturated heterocycles. The monoisotopic (exact) mass is 350 g/mol. The summed E-state index contributed by atoms with van der Waals surface area (Å²) in [6.45, 7) is 8.02. The smallest absolute Gasteiger partial charge is 0.127 e. The second-order valence-electron chi connectivity index (χ2n) is 6.40. The Morgan fingerprint density at radius 1 is 1.29 bits per heavy atom. The van der Waals surface area contributed by atoms with Crippen LogP contribution in [0, 0.1) is 0 Å². The van der Waals surface area contributed by atoms with Gasteiger partial charge in [-0.1, -0.05) is 12.1 Å². The molecule has 1 aliphatic heterocycles. The van der Waals surface area contributed by atoms with Crippen LogP contribution in [0.2, 0.25) is 0 Å². The Hall–Kier alpha value is -1.56. The second-order valence-corrected chi connectivity index (χ2v) is 6.40. The summed E-state index contributed by atoms with van der Waals surface area (Å²) < 4.78 is 7.83. The highest BCUT2D eigenvalue weighted by molar-refractivity contribution is 5.85. The lowest BCUT2D eigenvalue weighted by atomic mass is 10.1. The molecule has 3 rings (SSSR count). The number of rotatable bonds is 5. The minimum Gasteiger partial charge on any atom is -0.491 e. The average Bonchev–Trinajstić information content (AvgIpc) is 2.95. The minimum atomic E-state index is 0. The molecule has 0 amide bonds. The van der Waals surface area contributed by atoms with Gasteiger partial charge in [-0.3, -0.25) is 4.90 Å². The first-order valence-corrected chi connectivity index (χ1v) is 8.31. The lowest BCUT2D eigenvalue weighted by molar-refractivity contribution is 0.144. The number of imidazole rings is 1. The van der Waals surface area contributed by atoms with E-state index in [1.807, 2.05) is 26.2 Å². The van der Waals surface area contributed by atoms with Gasteiger partial charge >= 0.3 is 0 Å². The van der Waals surface area contributed by atoms with Gasteiger partial charge in [0.25, 0.3) is 0 Å². The van der Waals surface area contributed by atoms with Gasteiger partial charge in [0.15, 0.2) is 0 Å². The van der Waals surface area contributed by atoms with E-state index in [2.05, 4.69) is 51.1 Å². The molecule has 6 heteroatoms. The van der Waals surface area contributed by atoms with E-state index in [4.69, 9.17) is 4.74 Å². The van der Waals surface area contributed by atoms with Crippen molar-refractivity contribution in [2.75, 3.05) is 19.6 Å². The van der Waals surface area contributed by atoms with Gasteiger partial charge in [0.2, 0.25) is 0 Å². The van der Waals surface area contributed by atoms with Gasteiger partial charge in [-0.2, -0.15) is 0 Å². The van der Waals surface area contributed by atoms with Crippen LogP contribution in [0.25, 0.3) is 0 Å². The highest BCUT2D eigenvalue weighted by Gasteiger charge is 2.26. The molecule has 1 unspecified atom stereocenters. The van der Waals surface area contributed by atoms with E-state index < -0.39 is 0 Å². The van der Waals surface area contributed by atoms with Crippen LogP contribution in [0.1, 0.15) is 31.3 Å². The van der Waals surface area contributed by atoms with Gasteiger partial charge in [-0.05, 0) is 31.5 Å². The van der Waals surface area contributed by atoms with E-state index >= 15 is 0 Å². The van der Waals surface area contributed by atoms with E-state index in [-0.39, 0.29) is 18.5 Å². The third-order valence-corrected chi connectivity index (χ3v) is 4.19. The maximum Gasteiger partial charge on any atom is 0.127 e. The van der Waals surface area contributed by atoms with Crippen LogP contribution in [0.4, 0.5) is 0 Å². The molecule has 2 aromatic rings. The molecular weight excluding hydrogens is 324 g/mol. The van der Waals surface area contributed by atoms with Gasteiger partial charge in [-0.25, -0.2) is 4.98 Å². The maximum atomic E-state index is 5.72. The molecule has 24 heavy (non-hydrogen) atoms. The SMILES string of the molecule is CC(C)Oc1ccc(CN2CCNCC2c2nccn2C)cc1.Cl. The molecular formula is C18H27ClN4O. The zero-order valence-corrected chi connectivity index (χ0v) is 15.4. The van der Waals surface area contributed by atoms with Crippen molar-refractivity contribution >= 4 is 12.4 Å². The van der Waals surface area contributed by atoms with Crippen LogP contribution in [0.15, 0.2) is 36.7 Å². The fourth-order valence-corrected chi connectivity index (χ4v) is 3.07. The molecule has 1 N–H and O–H groups in total. The van der Waals surface area contributed by atoms with Gasteiger partial charge in [-0.15, -0.1) is 12.4 Å². The van der Waals surface area contributed by atoms with Crippen LogP contribution in [0.3, 0.4) is 0 Å². The Kier molecular flexibility index (Phi) is 6.66. The van der Waals surface area contributed by atoms with Gasteiger partial charge in [0.1, 0.15) is 11.6 Å². The Morgan fingerprint density at radius 2 is 2.04 bits per heavy atom. The van der Waals surface area contributed by atoms with Crippen molar-refractivity contribution in [1.29, 1.82) is 0 Å². The van der Waals surface area contributed by atoms with Gasteiger partial charge < -0.3 is 14.6 Å². The lowest BCUT2D eigenvalue weighted by Crippen LogP contribution is -2.46. The van der Waals surface area contributed by atoms with Crippen molar-refractivity contribution in [3.63, 3.8) is 0 Å². The topological polar surface area (TPSA) is 42.3 Å². The molecule has 132 valence electrons. The first kappa shape index (κ1) is 18.8. The number of hydrogen-bond donors (Lipinski definition) is 1. The van der Waals surface area contributed by atoms with Crippen molar-refractivity contribution in [3.05, 3.63) is 48.0 Å². The first-order valence-electron chi connectivity index (χ1n) is 8.31. The summed E-state index contributed by atoms with van der Waals surface area (Å²) in [7, 11) is 2.06. The summed E-state index contributed by atoms with van der Waals surface area (Å²) in [6, 6.07) is 8.76. The standard InChI is InChI=1S/C18H26N4O.ClH/c1-14(2)23-16-6-4-15(5-7-16)13-22-11-8-19-12-17(22)18-20-9-10-21(18)3;/h4-7,9-10,14,17,19H,8,11-13H2,1-3H3;1H. The summed E-state index contributed by atoms with van der Waals surface area (Å²) in [5, 5.41) is 3.48. The van der Waals surface area contributed by atoms with Crippen molar-refractivity contribution < 1.29 is 4.74 Å². The van der Waals surface area contributed by atoms with Gasteiger partial charge in [0, 0.05) is 45.6 Å². The average molecular weight is 351 g/mol. The largest absolute Gasteiger partial charge is 0.491 e. The third kappa shape index (κ3) is 4.50. The highest BCUT2D eigenvalue weighted by Crippen LogP contribution is 2.23. The highest BCUT2D eigenvalue weighted by atomic mass is 35.5. The number of hydrogen-bond acceptors (Lipinski definition) is 4. The Bertz CT molecular complexity index is 626. The number of ether oxygens (including phenoxy) is 1. The summed E-state index contributed by atoms with van der Waals surface area (Å²) in [6.07, 6.45) is 4.10. The number of aryl methyl sites for hydroxylation is 1.